The lowest BCUT2D eigenvalue weighted by atomic mass is 9.95. The number of hydrogen-bond donors (Lipinski definition) is 1. The number of fused-ring (bicyclic) bond motifs is 1. The SMILES string of the molecule is O=C(NC1CCCCC1)c1ccc2c(c1)CCCN2S(=O)(=O)c1ccc(Cl)cc1. The second-order valence-electron chi connectivity index (χ2n) is 7.79. The van der Waals surface area contributed by atoms with Crippen LogP contribution in [0.25, 0.3) is 0 Å². The molecule has 0 radical (unpaired) electrons. The zero-order valence-electron chi connectivity index (χ0n) is 16.2. The first-order chi connectivity index (χ1) is 13.9. The molecule has 2 aliphatic rings. The molecule has 154 valence electrons. The third kappa shape index (κ3) is 4.28. The molecule has 0 saturated heterocycles. The molecule has 1 amide bonds. The van der Waals surface area contributed by atoms with Gasteiger partial charge >= 0.3 is 0 Å². The Kier molecular flexibility index (Phi) is 5.83. The number of carbonyl (C=O) groups excluding carboxylic acids is 1. The monoisotopic (exact) mass is 432 g/mol. The molecule has 1 aliphatic heterocycles. The Balaban J connectivity index is 1.58. The molecule has 1 N–H and O–H groups in total. The van der Waals surface area contributed by atoms with E-state index in [-0.39, 0.29) is 16.8 Å². The predicted molar refractivity (Wildman–Crippen MR) is 115 cm³/mol. The zero-order valence-corrected chi connectivity index (χ0v) is 17.8. The summed E-state index contributed by atoms with van der Waals surface area (Å²) in [4.78, 5) is 12.9. The lowest BCUT2D eigenvalue weighted by Crippen LogP contribution is -2.37. The first kappa shape index (κ1) is 20.2. The maximum Gasteiger partial charge on any atom is 0.264 e. The van der Waals surface area contributed by atoms with Gasteiger partial charge in [-0.1, -0.05) is 30.9 Å². The van der Waals surface area contributed by atoms with Gasteiger partial charge in [-0.05, 0) is 73.7 Å². The summed E-state index contributed by atoms with van der Waals surface area (Å²) in [5.41, 5.74) is 2.14. The Morgan fingerprint density at radius 1 is 1.00 bits per heavy atom. The summed E-state index contributed by atoms with van der Waals surface area (Å²) in [7, 11) is -3.67. The molecule has 0 spiro atoms. The second kappa shape index (κ2) is 8.36. The number of nitrogens with zero attached hydrogens (tertiary/aromatic N) is 1. The summed E-state index contributed by atoms with van der Waals surface area (Å²) in [5, 5.41) is 3.63. The minimum atomic E-state index is -3.67. The zero-order chi connectivity index (χ0) is 20.4. The topological polar surface area (TPSA) is 66.5 Å². The molecule has 2 aromatic rings. The average Bonchev–Trinajstić information content (AvgIpc) is 2.74. The van der Waals surface area contributed by atoms with E-state index in [1.807, 2.05) is 6.07 Å². The minimum absolute atomic E-state index is 0.0719. The van der Waals surface area contributed by atoms with Gasteiger partial charge in [0.1, 0.15) is 0 Å². The van der Waals surface area contributed by atoms with Crippen LogP contribution < -0.4 is 9.62 Å². The number of halogens is 1. The molecule has 0 bridgehead atoms. The number of anilines is 1. The van der Waals surface area contributed by atoms with Crippen molar-refractivity contribution in [1.82, 2.24) is 5.32 Å². The Bertz CT molecular complexity index is 999. The van der Waals surface area contributed by atoms with Gasteiger partial charge in [-0.25, -0.2) is 8.42 Å². The van der Waals surface area contributed by atoms with E-state index in [9.17, 15) is 13.2 Å². The number of carbonyl (C=O) groups is 1. The van der Waals surface area contributed by atoms with Crippen molar-refractivity contribution in [2.45, 2.75) is 55.9 Å². The highest BCUT2D eigenvalue weighted by molar-refractivity contribution is 7.92. The smallest absolute Gasteiger partial charge is 0.264 e. The van der Waals surface area contributed by atoms with Crippen LogP contribution in [-0.4, -0.2) is 26.9 Å². The number of rotatable bonds is 4. The molecular weight excluding hydrogens is 408 g/mol. The van der Waals surface area contributed by atoms with Crippen molar-refractivity contribution in [2.75, 3.05) is 10.8 Å². The third-order valence-corrected chi connectivity index (χ3v) is 7.84. The Hall–Kier alpha value is -2.05. The van der Waals surface area contributed by atoms with Gasteiger partial charge in [-0.15, -0.1) is 0 Å². The van der Waals surface area contributed by atoms with Gasteiger partial charge < -0.3 is 5.32 Å². The number of amides is 1. The Morgan fingerprint density at radius 3 is 2.45 bits per heavy atom. The lowest BCUT2D eigenvalue weighted by molar-refractivity contribution is 0.0927. The summed E-state index contributed by atoms with van der Waals surface area (Å²) in [6.45, 7) is 0.422. The van der Waals surface area contributed by atoms with Crippen molar-refractivity contribution in [3.63, 3.8) is 0 Å². The van der Waals surface area contributed by atoms with Gasteiger partial charge in [0, 0.05) is 23.2 Å². The lowest BCUT2D eigenvalue weighted by Gasteiger charge is -2.31. The van der Waals surface area contributed by atoms with Crippen molar-refractivity contribution in [3.05, 3.63) is 58.6 Å². The molecule has 1 saturated carbocycles. The minimum Gasteiger partial charge on any atom is -0.349 e. The number of sulfonamides is 1. The molecule has 0 atom stereocenters. The summed E-state index contributed by atoms with van der Waals surface area (Å²) in [6.07, 6.45) is 7.09. The Labute approximate surface area is 177 Å². The standard InChI is InChI=1S/C22H25ClN2O3S/c23-18-9-11-20(12-10-18)29(27,28)25-14-4-5-16-15-17(8-13-21(16)25)22(26)24-19-6-2-1-3-7-19/h8-13,15,19H,1-7,14H2,(H,24,26). The van der Waals surface area contributed by atoms with E-state index in [1.165, 1.54) is 22.9 Å². The second-order valence-corrected chi connectivity index (χ2v) is 10.1. The normalized spacial score (nSPS) is 17.6. The molecule has 2 aromatic carbocycles. The molecular formula is C22H25ClN2O3S. The molecule has 0 unspecified atom stereocenters. The van der Waals surface area contributed by atoms with Crippen molar-refractivity contribution >= 4 is 33.2 Å². The molecule has 7 heteroatoms. The van der Waals surface area contributed by atoms with E-state index in [2.05, 4.69) is 5.32 Å². The quantitative estimate of drug-likeness (QED) is 0.770. The molecule has 29 heavy (non-hydrogen) atoms. The van der Waals surface area contributed by atoms with Crippen LogP contribution in [0.1, 0.15) is 54.4 Å². The van der Waals surface area contributed by atoms with Crippen molar-refractivity contribution in [2.24, 2.45) is 0 Å². The van der Waals surface area contributed by atoms with Crippen LogP contribution in [0.5, 0.6) is 0 Å². The highest BCUT2D eigenvalue weighted by atomic mass is 35.5. The fraction of sp³-hybridized carbons (Fsp3) is 0.409. The maximum absolute atomic E-state index is 13.1. The number of benzene rings is 2. The molecule has 4 rings (SSSR count). The fourth-order valence-corrected chi connectivity index (χ4v) is 5.87. The third-order valence-electron chi connectivity index (χ3n) is 5.76. The van der Waals surface area contributed by atoms with Gasteiger partial charge in [0.2, 0.25) is 0 Å². The summed E-state index contributed by atoms with van der Waals surface area (Å²) < 4.78 is 27.7. The van der Waals surface area contributed by atoms with Gasteiger partial charge in [0.15, 0.2) is 0 Å². The van der Waals surface area contributed by atoms with Crippen LogP contribution in [0, 0.1) is 0 Å². The summed E-state index contributed by atoms with van der Waals surface area (Å²) >= 11 is 5.90. The van der Waals surface area contributed by atoms with Crippen molar-refractivity contribution in [1.29, 1.82) is 0 Å². The number of aryl methyl sites for hydroxylation is 1. The molecule has 5 nitrogen and oxygen atoms in total. The van der Waals surface area contributed by atoms with E-state index >= 15 is 0 Å². The van der Waals surface area contributed by atoms with Crippen LogP contribution in [0.3, 0.4) is 0 Å². The largest absolute Gasteiger partial charge is 0.349 e. The van der Waals surface area contributed by atoms with E-state index in [0.717, 1.165) is 37.7 Å². The predicted octanol–water partition coefficient (Wildman–Crippen LogP) is 4.54. The molecule has 1 heterocycles. The maximum atomic E-state index is 13.1. The number of nitrogens with one attached hydrogen (secondary N) is 1. The molecule has 1 fully saturated rings. The van der Waals surface area contributed by atoms with Crippen molar-refractivity contribution in [3.8, 4) is 0 Å². The van der Waals surface area contributed by atoms with Crippen LogP contribution in [0.2, 0.25) is 5.02 Å². The molecule has 1 aliphatic carbocycles. The average molecular weight is 433 g/mol. The van der Waals surface area contributed by atoms with Crippen molar-refractivity contribution < 1.29 is 13.2 Å². The van der Waals surface area contributed by atoms with E-state index in [4.69, 9.17) is 11.6 Å². The first-order valence-corrected chi connectivity index (χ1v) is 12.0. The van der Waals surface area contributed by atoms with Crippen LogP contribution in [0.15, 0.2) is 47.4 Å². The van der Waals surface area contributed by atoms with E-state index < -0.39 is 10.0 Å². The first-order valence-electron chi connectivity index (χ1n) is 10.2. The van der Waals surface area contributed by atoms with Gasteiger partial charge in [0.25, 0.3) is 15.9 Å². The van der Waals surface area contributed by atoms with Gasteiger partial charge in [0.05, 0.1) is 10.6 Å². The van der Waals surface area contributed by atoms with Gasteiger partial charge in [-0.2, -0.15) is 0 Å². The Morgan fingerprint density at radius 2 is 1.72 bits per heavy atom. The fourth-order valence-electron chi connectivity index (χ4n) is 4.20. The van der Waals surface area contributed by atoms with Crippen LogP contribution in [-0.2, 0) is 16.4 Å². The van der Waals surface area contributed by atoms with Gasteiger partial charge in [-0.3, -0.25) is 9.10 Å². The van der Waals surface area contributed by atoms with E-state index in [1.54, 1.807) is 24.3 Å². The summed E-state index contributed by atoms with van der Waals surface area (Å²) in [5.74, 6) is -0.0719. The highest BCUT2D eigenvalue weighted by Gasteiger charge is 2.29. The van der Waals surface area contributed by atoms with Crippen LogP contribution >= 0.6 is 11.6 Å². The van der Waals surface area contributed by atoms with E-state index in [0.29, 0.717) is 29.2 Å². The van der Waals surface area contributed by atoms with Crippen LogP contribution in [0.4, 0.5) is 5.69 Å². The summed E-state index contributed by atoms with van der Waals surface area (Å²) in [6, 6.07) is 11.8. The highest BCUT2D eigenvalue weighted by Crippen LogP contribution is 2.33. The number of hydrogen-bond acceptors (Lipinski definition) is 3. The molecule has 0 aromatic heterocycles.